The van der Waals surface area contributed by atoms with E-state index in [0.29, 0.717) is 18.7 Å². The fraction of sp³-hybridized carbons (Fsp3) is 0.370. The van der Waals surface area contributed by atoms with Gasteiger partial charge in [0, 0.05) is 44.7 Å². The molecule has 0 aliphatic carbocycles. The van der Waals surface area contributed by atoms with E-state index >= 15 is 0 Å². The summed E-state index contributed by atoms with van der Waals surface area (Å²) in [6.07, 6.45) is 3.97. The summed E-state index contributed by atoms with van der Waals surface area (Å²) in [5.74, 6) is -1.50. The number of aromatic nitrogens is 4. The molecule has 4 heterocycles. The van der Waals surface area contributed by atoms with Crippen LogP contribution in [0.1, 0.15) is 34.5 Å². The maximum absolute atomic E-state index is 14.0. The van der Waals surface area contributed by atoms with E-state index < -0.39 is 23.9 Å². The second-order valence-corrected chi connectivity index (χ2v) is 9.84. The van der Waals surface area contributed by atoms with Crippen molar-refractivity contribution < 1.29 is 19.2 Å². The Morgan fingerprint density at radius 3 is 2.60 bits per heavy atom. The lowest BCUT2D eigenvalue weighted by Gasteiger charge is -2.42. The van der Waals surface area contributed by atoms with E-state index in [2.05, 4.69) is 25.9 Å². The van der Waals surface area contributed by atoms with E-state index in [1.807, 2.05) is 30.3 Å². The summed E-state index contributed by atoms with van der Waals surface area (Å²) in [7, 11) is 0. The van der Waals surface area contributed by atoms with Crippen molar-refractivity contribution in [3.8, 4) is 0 Å². The van der Waals surface area contributed by atoms with E-state index in [1.165, 1.54) is 28.1 Å². The summed E-state index contributed by atoms with van der Waals surface area (Å²) < 4.78 is 1.61. The first kappa shape index (κ1) is 26.8. The molecule has 0 spiro atoms. The topological polar surface area (TPSA) is 162 Å². The first-order chi connectivity index (χ1) is 19.4. The van der Waals surface area contributed by atoms with E-state index in [0.717, 1.165) is 5.56 Å². The number of amides is 4. The molecule has 0 radical (unpaired) electrons. The van der Waals surface area contributed by atoms with Gasteiger partial charge in [0.05, 0.1) is 24.8 Å². The number of pyridine rings is 1. The zero-order valence-electron chi connectivity index (χ0n) is 21.8. The zero-order valence-corrected chi connectivity index (χ0v) is 21.8. The Hall–Kier alpha value is -4.81. The molecule has 5 rings (SSSR count). The van der Waals surface area contributed by atoms with Gasteiger partial charge in [-0.05, 0) is 18.1 Å². The zero-order chi connectivity index (χ0) is 28.1. The molecule has 1 fully saturated rings. The average Bonchev–Trinajstić information content (AvgIpc) is 3.42. The monoisotopic (exact) mass is 546 g/mol. The molecule has 4 amide bonds. The van der Waals surface area contributed by atoms with Crippen molar-refractivity contribution in [2.45, 2.75) is 44.4 Å². The van der Waals surface area contributed by atoms with Crippen LogP contribution in [0.2, 0.25) is 0 Å². The highest BCUT2D eigenvalue weighted by Gasteiger charge is 2.40. The van der Waals surface area contributed by atoms with Crippen LogP contribution in [-0.4, -0.2) is 85.1 Å². The smallest absolute Gasteiger partial charge is 0.255 e. The van der Waals surface area contributed by atoms with Crippen LogP contribution in [0.5, 0.6) is 0 Å². The number of benzene rings is 1. The summed E-state index contributed by atoms with van der Waals surface area (Å²) in [6.45, 7) is 0.753. The van der Waals surface area contributed by atoms with Gasteiger partial charge in [-0.1, -0.05) is 35.5 Å². The minimum absolute atomic E-state index is 0.0613. The van der Waals surface area contributed by atoms with Crippen LogP contribution in [0.25, 0.3) is 0 Å². The molecule has 0 unspecified atom stereocenters. The summed E-state index contributed by atoms with van der Waals surface area (Å²) >= 11 is 0. The normalized spacial score (nSPS) is 20.6. The lowest BCUT2D eigenvalue weighted by Crippen LogP contribution is -2.64. The number of fused-ring (bicyclic) bond motifs is 3. The molecule has 1 aromatic carbocycles. The lowest BCUT2D eigenvalue weighted by molar-refractivity contribution is -0.146. The molecule has 13 nitrogen and oxygen atoms in total. The highest BCUT2D eigenvalue weighted by molar-refractivity contribution is 5.96. The van der Waals surface area contributed by atoms with E-state index in [9.17, 15) is 24.0 Å². The van der Waals surface area contributed by atoms with Crippen LogP contribution in [0.3, 0.4) is 0 Å². The second-order valence-electron chi connectivity index (χ2n) is 9.84. The van der Waals surface area contributed by atoms with E-state index in [4.69, 9.17) is 0 Å². The van der Waals surface area contributed by atoms with E-state index in [1.54, 1.807) is 10.9 Å². The van der Waals surface area contributed by atoms with Crippen LogP contribution in [0.4, 0.5) is 0 Å². The predicted octanol–water partition coefficient (Wildman–Crippen LogP) is -0.543. The largest absolute Gasteiger partial charge is 0.348 e. The molecule has 0 saturated carbocycles. The Labute approximate surface area is 229 Å². The molecule has 208 valence electrons. The number of carbonyl (C=O) groups excluding carboxylic acids is 4. The number of nitrogens with zero attached hydrogens (tertiary/aromatic N) is 5. The third kappa shape index (κ3) is 6.25. The number of H-pyrrole nitrogens is 1. The highest BCUT2D eigenvalue weighted by Crippen LogP contribution is 2.17. The molecule has 2 atom stereocenters. The Kier molecular flexibility index (Phi) is 7.99. The summed E-state index contributed by atoms with van der Waals surface area (Å²) in [4.78, 5) is 70.4. The number of hydrogen-bond donors (Lipinski definition) is 3. The van der Waals surface area contributed by atoms with Gasteiger partial charge in [-0.2, -0.15) is 0 Å². The molecule has 2 aliphatic rings. The number of rotatable bonds is 3. The third-order valence-corrected chi connectivity index (χ3v) is 7.02. The van der Waals surface area contributed by atoms with Crippen LogP contribution in [-0.2, 0) is 33.9 Å². The Morgan fingerprint density at radius 1 is 1.00 bits per heavy atom. The maximum Gasteiger partial charge on any atom is 0.255 e. The second kappa shape index (κ2) is 11.9. The van der Waals surface area contributed by atoms with Crippen molar-refractivity contribution in [1.29, 1.82) is 0 Å². The third-order valence-electron chi connectivity index (χ3n) is 7.02. The number of piperazine rings is 1. The first-order valence-electron chi connectivity index (χ1n) is 13.2. The average molecular weight is 547 g/mol. The van der Waals surface area contributed by atoms with Crippen molar-refractivity contribution in [1.82, 2.24) is 40.4 Å². The fourth-order valence-corrected chi connectivity index (χ4v) is 4.92. The number of aryl methyl sites for hydroxylation is 1. The van der Waals surface area contributed by atoms with Crippen molar-refractivity contribution in [2.75, 3.05) is 19.6 Å². The van der Waals surface area contributed by atoms with Crippen LogP contribution in [0, 0.1) is 0 Å². The molecule has 40 heavy (non-hydrogen) atoms. The molecule has 13 heteroatoms. The Morgan fingerprint density at radius 2 is 1.82 bits per heavy atom. The van der Waals surface area contributed by atoms with Gasteiger partial charge >= 0.3 is 0 Å². The SMILES string of the molecule is O=C1CCCn2cc(nn2)CNC(=O)[C@H]2CN(C(=O)c3ccc(=O)[nH]c3)CCN2C(=O)[C@H](Cc2ccccc2)N1. The Balaban J connectivity index is 1.43. The van der Waals surface area contributed by atoms with Crippen molar-refractivity contribution >= 4 is 23.6 Å². The van der Waals surface area contributed by atoms with Gasteiger partial charge in [0.15, 0.2) is 0 Å². The molecule has 1 saturated heterocycles. The van der Waals surface area contributed by atoms with Gasteiger partial charge in [0.25, 0.3) is 5.91 Å². The number of aromatic amines is 1. The molecule has 2 aromatic heterocycles. The Bertz CT molecular complexity index is 1430. The standard InChI is InChI=1S/C27H30N8O5/c36-23-9-8-19(14-28-23)26(39)33-11-12-35-22(17-33)25(38)29-15-20-16-34(32-31-20)10-4-7-24(37)30-21(27(35)40)13-18-5-2-1-3-6-18/h1-3,5-6,8-9,14,16,21-22H,4,7,10-13,15,17H2,(H,28,36)(H,29,38)(H,30,37)/t21-,22+/m0/s1. The summed E-state index contributed by atoms with van der Waals surface area (Å²) in [5, 5.41) is 13.8. The fourth-order valence-electron chi connectivity index (χ4n) is 4.92. The van der Waals surface area contributed by atoms with Gasteiger partial charge in [0.2, 0.25) is 23.3 Å². The molecule has 2 bridgehead atoms. The number of hydrogen-bond acceptors (Lipinski definition) is 7. The minimum atomic E-state index is -1.01. The van der Waals surface area contributed by atoms with Crippen LogP contribution in [0.15, 0.2) is 59.7 Å². The minimum Gasteiger partial charge on any atom is -0.348 e. The van der Waals surface area contributed by atoms with Crippen molar-refractivity contribution in [2.24, 2.45) is 0 Å². The predicted molar refractivity (Wildman–Crippen MR) is 142 cm³/mol. The number of nitrogens with one attached hydrogen (secondary N) is 3. The van der Waals surface area contributed by atoms with Gasteiger partial charge < -0.3 is 25.4 Å². The maximum atomic E-state index is 14.0. The van der Waals surface area contributed by atoms with Gasteiger partial charge in [-0.15, -0.1) is 5.10 Å². The number of carbonyl (C=O) groups is 4. The van der Waals surface area contributed by atoms with Gasteiger partial charge in [-0.25, -0.2) is 0 Å². The summed E-state index contributed by atoms with van der Waals surface area (Å²) in [6, 6.07) is 10.1. The van der Waals surface area contributed by atoms with E-state index in [-0.39, 0.29) is 62.0 Å². The molecular formula is C27H30N8O5. The molecule has 3 aromatic rings. The lowest BCUT2D eigenvalue weighted by atomic mass is 10.0. The van der Waals surface area contributed by atoms with Crippen LogP contribution >= 0.6 is 0 Å². The van der Waals surface area contributed by atoms with Gasteiger partial charge in [-0.3, -0.25) is 28.7 Å². The van der Waals surface area contributed by atoms with Crippen molar-refractivity contribution in [3.05, 3.63) is 82.0 Å². The van der Waals surface area contributed by atoms with Crippen molar-refractivity contribution in [3.63, 3.8) is 0 Å². The molecule has 2 aliphatic heterocycles. The van der Waals surface area contributed by atoms with Gasteiger partial charge in [0.1, 0.15) is 17.8 Å². The first-order valence-corrected chi connectivity index (χ1v) is 13.2. The highest BCUT2D eigenvalue weighted by atomic mass is 16.2. The quantitative estimate of drug-likeness (QED) is 0.397. The van der Waals surface area contributed by atoms with Crippen LogP contribution < -0.4 is 16.2 Å². The summed E-state index contributed by atoms with van der Waals surface area (Å²) in [5.41, 5.74) is 1.32. The molecular weight excluding hydrogens is 516 g/mol. The molecule has 3 N–H and O–H groups in total.